The highest BCUT2D eigenvalue weighted by Crippen LogP contribution is 2.19. The molecule has 1 aromatic carbocycles. The van der Waals surface area contributed by atoms with Crippen LogP contribution in [-0.4, -0.2) is 21.5 Å². The monoisotopic (exact) mass is 346 g/mol. The largest absolute Gasteiger partial charge is 0.330 e. The van der Waals surface area contributed by atoms with Gasteiger partial charge in [0.05, 0.1) is 0 Å². The van der Waals surface area contributed by atoms with E-state index in [1.165, 1.54) is 12.1 Å². The summed E-state index contributed by atoms with van der Waals surface area (Å²) in [6.45, 7) is 0.583. The Morgan fingerprint density at radius 1 is 1.41 bits per heavy atom. The molecule has 8 heteroatoms. The molecule has 0 radical (unpaired) electrons. The molecule has 0 spiro atoms. The lowest BCUT2D eigenvalue weighted by atomic mass is 10.3. The minimum atomic E-state index is -3.78. The molecule has 0 fully saturated rings. The number of hydrogen-bond acceptors (Lipinski definition) is 3. The molecule has 0 amide bonds. The molecule has 0 aliphatic carbocycles. The summed E-state index contributed by atoms with van der Waals surface area (Å²) in [7, 11) is -3.78. The van der Waals surface area contributed by atoms with Gasteiger partial charge in [-0.2, -0.15) is 0 Å². The molecule has 0 saturated heterocycles. The predicted molar refractivity (Wildman–Crippen MR) is 70.2 cm³/mol. The van der Waals surface area contributed by atoms with Crippen molar-refractivity contribution in [1.29, 1.82) is 0 Å². The zero-order valence-corrected chi connectivity index (χ0v) is 12.0. The second-order valence-corrected chi connectivity index (χ2v) is 5.77. The van der Waals surface area contributed by atoms with Crippen LogP contribution in [0.15, 0.2) is 27.6 Å². The molecule has 0 aromatic heterocycles. The quantitative estimate of drug-likeness (QED) is 0.795. The van der Waals surface area contributed by atoms with Crippen molar-refractivity contribution in [1.82, 2.24) is 4.72 Å². The Bertz CT molecular complexity index is 470. The summed E-state index contributed by atoms with van der Waals surface area (Å²) >= 11 is 3.06. The van der Waals surface area contributed by atoms with Gasteiger partial charge in [0.15, 0.2) is 0 Å². The Hall–Kier alpha value is -0.210. The third kappa shape index (κ3) is 4.89. The first-order chi connectivity index (χ1) is 7.47. The fourth-order valence-corrected chi connectivity index (χ4v) is 2.54. The number of rotatable bonds is 5. The number of halogens is 3. The normalized spacial score (nSPS) is 11.0. The summed E-state index contributed by atoms with van der Waals surface area (Å²) in [6, 6.07) is 3.79. The molecule has 4 nitrogen and oxygen atoms in total. The Balaban J connectivity index is 0.00000256. The van der Waals surface area contributed by atoms with E-state index >= 15 is 0 Å². The van der Waals surface area contributed by atoms with Gasteiger partial charge < -0.3 is 5.73 Å². The third-order valence-corrected chi connectivity index (χ3v) is 3.84. The van der Waals surface area contributed by atoms with Crippen LogP contribution in [-0.2, 0) is 10.0 Å². The molecule has 98 valence electrons. The van der Waals surface area contributed by atoms with Crippen molar-refractivity contribution in [3.05, 3.63) is 28.5 Å². The molecule has 0 aliphatic heterocycles. The Morgan fingerprint density at radius 3 is 2.59 bits per heavy atom. The van der Waals surface area contributed by atoms with Crippen LogP contribution in [0, 0.1) is 5.82 Å². The number of nitrogens with one attached hydrogen (secondary N) is 1. The zero-order chi connectivity index (χ0) is 12.2. The van der Waals surface area contributed by atoms with Gasteiger partial charge in [0.1, 0.15) is 10.7 Å². The predicted octanol–water partition coefficient (Wildman–Crippen LogP) is 1.64. The summed E-state index contributed by atoms with van der Waals surface area (Å²) in [5.74, 6) is -0.783. The smallest absolute Gasteiger partial charge is 0.243 e. The maximum atomic E-state index is 13.4. The number of sulfonamides is 1. The van der Waals surface area contributed by atoms with Crippen molar-refractivity contribution >= 4 is 38.4 Å². The second-order valence-electron chi connectivity index (χ2n) is 3.11. The van der Waals surface area contributed by atoms with E-state index in [1.807, 2.05) is 0 Å². The minimum Gasteiger partial charge on any atom is -0.330 e. The first-order valence-corrected chi connectivity index (χ1v) is 6.90. The number of benzene rings is 1. The summed E-state index contributed by atoms with van der Waals surface area (Å²) in [5, 5.41) is 0. The molecule has 0 saturated carbocycles. The highest BCUT2D eigenvalue weighted by molar-refractivity contribution is 9.10. The molecular formula is C9H13BrClFN2O2S. The van der Waals surface area contributed by atoms with E-state index in [4.69, 9.17) is 5.73 Å². The average Bonchev–Trinajstić information content (AvgIpc) is 2.17. The molecule has 1 aromatic rings. The molecule has 0 atom stereocenters. The van der Waals surface area contributed by atoms with Crippen LogP contribution in [0.5, 0.6) is 0 Å². The van der Waals surface area contributed by atoms with Gasteiger partial charge in [-0.25, -0.2) is 17.5 Å². The SMILES string of the molecule is Cl.NCCCNS(=O)(=O)c1ccc(Br)cc1F. The van der Waals surface area contributed by atoms with Crippen molar-refractivity contribution in [3.63, 3.8) is 0 Å². The van der Waals surface area contributed by atoms with Crippen LogP contribution in [0.3, 0.4) is 0 Å². The lowest BCUT2D eigenvalue weighted by Gasteiger charge is -2.07. The van der Waals surface area contributed by atoms with E-state index in [1.54, 1.807) is 0 Å². The van der Waals surface area contributed by atoms with Crippen molar-refractivity contribution in [3.8, 4) is 0 Å². The summed E-state index contributed by atoms with van der Waals surface area (Å²) < 4.78 is 39.4. The molecule has 1 rings (SSSR count). The third-order valence-electron chi connectivity index (χ3n) is 1.86. The van der Waals surface area contributed by atoms with Crippen molar-refractivity contribution in [2.45, 2.75) is 11.3 Å². The van der Waals surface area contributed by atoms with E-state index < -0.39 is 15.8 Å². The van der Waals surface area contributed by atoms with Crippen LogP contribution in [0.25, 0.3) is 0 Å². The van der Waals surface area contributed by atoms with Crippen molar-refractivity contribution in [2.24, 2.45) is 5.73 Å². The minimum absolute atomic E-state index is 0. The first-order valence-electron chi connectivity index (χ1n) is 4.62. The summed E-state index contributed by atoms with van der Waals surface area (Å²) in [4.78, 5) is -0.354. The number of nitrogens with two attached hydrogens (primary N) is 1. The molecule has 0 bridgehead atoms. The van der Waals surface area contributed by atoms with Crippen molar-refractivity contribution in [2.75, 3.05) is 13.1 Å². The van der Waals surface area contributed by atoms with Gasteiger partial charge in [-0.1, -0.05) is 15.9 Å². The van der Waals surface area contributed by atoms with Gasteiger partial charge >= 0.3 is 0 Å². The van der Waals surface area contributed by atoms with Gasteiger partial charge in [-0.3, -0.25) is 0 Å². The van der Waals surface area contributed by atoms with Crippen LogP contribution in [0.4, 0.5) is 4.39 Å². The molecule has 3 N–H and O–H groups in total. The van der Waals surface area contributed by atoms with Gasteiger partial charge in [0, 0.05) is 11.0 Å². The van der Waals surface area contributed by atoms with Gasteiger partial charge in [0.25, 0.3) is 0 Å². The number of hydrogen-bond donors (Lipinski definition) is 2. The molecule has 0 heterocycles. The Kier molecular flexibility index (Phi) is 7.18. The molecular weight excluding hydrogens is 335 g/mol. The van der Waals surface area contributed by atoms with Crippen LogP contribution in [0.2, 0.25) is 0 Å². The maximum absolute atomic E-state index is 13.4. The topological polar surface area (TPSA) is 72.2 Å². The average molecular weight is 348 g/mol. The second kappa shape index (κ2) is 7.27. The highest BCUT2D eigenvalue weighted by atomic mass is 79.9. The maximum Gasteiger partial charge on any atom is 0.243 e. The van der Waals surface area contributed by atoms with Gasteiger partial charge in [-0.05, 0) is 31.2 Å². The van der Waals surface area contributed by atoms with Crippen LogP contribution in [0.1, 0.15) is 6.42 Å². The molecule has 0 unspecified atom stereocenters. The van der Waals surface area contributed by atoms with E-state index in [0.29, 0.717) is 17.4 Å². The Morgan fingerprint density at radius 2 is 2.06 bits per heavy atom. The highest BCUT2D eigenvalue weighted by Gasteiger charge is 2.18. The van der Waals surface area contributed by atoms with E-state index in [2.05, 4.69) is 20.7 Å². The van der Waals surface area contributed by atoms with Gasteiger partial charge in [0.2, 0.25) is 10.0 Å². The summed E-state index contributed by atoms with van der Waals surface area (Å²) in [6.07, 6.45) is 0.511. The van der Waals surface area contributed by atoms with Gasteiger partial charge in [-0.15, -0.1) is 12.4 Å². The fraction of sp³-hybridized carbons (Fsp3) is 0.333. The summed E-state index contributed by atoms with van der Waals surface area (Å²) in [5.41, 5.74) is 5.23. The lowest BCUT2D eigenvalue weighted by Crippen LogP contribution is -2.27. The van der Waals surface area contributed by atoms with E-state index in [9.17, 15) is 12.8 Å². The van der Waals surface area contributed by atoms with Crippen molar-refractivity contribution < 1.29 is 12.8 Å². The van der Waals surface area contributed by atoms with E-state index in [0.717, 1.165) is 6.07 Å². The van der Waals surface area contributed by atoms with E-state index in [-0.39, 0.29) is 23.8 Å². The van der Waals surface area contributed by atoms with Crippen LogP contribution < -0.4 is 10.5 Å². The molecule has 17 heavy (non-hydrogen) atoms. The Labute approximate surface area is 114 Å². The molecule has 0 aliphatic rings. The standard InChI is InChI=1S/C9H12BrFN2O2S.ClH/c10-7-2-3-9(8(11)6-7)16(14,15)13-5-1-4-12;/h2-3,6,13H,1,4-5,12H2;1H. The first kappa shape index (κ1) is 16.8. The fourth-order valence-electron chi connectivity index (χ4n) is 1.08. The zero-order valence-electron chi connectivity index (χ0n) is 8.82. The van der Waals surface area contributed by atoms with Crippen LogP contribution >= 0.6 is 28.3 Å². The lowest BCUT2D eigenvalue weighted by molar-refractivity contribution is 0.555.